The molecule has 1 aliphatic heterocycles. The van der Waals surface area contributed by atoms with E-state index in [4.69, 9.17) is 0 Å². The molecule has 0 atom stereocenters. The highest BCUT2D eigenvalue weighted by molar-refractivity contribution is 5.85. The maximum absolute atomic E-state index is 12.4. The van der Waals surface area contributed by atoms with Gasteiger partial charge in [-0.25, -0.2) is 0 Å². The van der Waals surface area contributed by atoms with Gasteiger partial charge in [-0.3, -0.25) is 9.78 Å². The Kier molecular flexibility index (Phi) is 5.17. The summed E-state index contributed by atoms with van der Waals surface area (Å²) in [5, 5.41) is 0. The number of pyridine rings is 1. The average Bonchev–Trinajstić information content (AvgIpc) is 2.38. The number of halogens is 4. The highest BCUT2D eigenvalue weighted by Crippen LogP contribution is 2.30. The number of piperidine rings is 1. The van der Waals surface area contributed by atoms with Crippen LogP contribution in [-0.4, -0.2) is 29.4 Å². The molecule has 3 nitrogen and oxygen atoms in total. The van der Waals surface area contributed by atoms with Crippen molar-refractivity contribution >= 4 is 18.8 Å². The van der Waals surface area contributed by atoms with Gasteiger partial charge in [0, 0.05) is 19.3 Å². The van der Waals surface area contributed by atoms with E-state index in [1.165, 1.54) is 12.3 Å². The molecule has 19 heavy (non-hydrogen) atoms. The average molecular weight is 295 g/mol. The Labute approximate surface area is 115 Å². The van der Waals surface area contributed by atoms with Crippen LogP contribution in [0.5, 0.6) is 0 Å². The van der Waals surface area contributed by atoms with Gasteiger partial charge in [-0.2, -0.15) is 13.2 Å². The minimum atomic E-state index is -4.39. The quantitative estimate of drug-likeness (QED) is 0.786. The van der Waals surface area contributed by atoms with E-state index in [0.717, 1.165) is 30.9 Å². The van der Waals surface area contributed by atoms with Crippen molar-refractivity contribution in [2.75, 3.05) is 13.1 Å². The molecule has 0 radical (unpaired) electrons. The monoisotopic (exact) mass is 294 g/mol. The molecule has 0 bridgehead atoms. The maximum atomic E-state index is 12.4. The summed E-state index contributed by atoms with van der Waals surface area (Å²) in [6.07, 6.45) is -0.748. The molecule has 0 aliphatic carbocycles. The Morgan fingerprint density at radius 2 is 1.89 bits per heavy atom. The third-order valence-electron chi connectivity index (χ3n) is 3.23. The minimum Gasteiger partial charge on any atom is -0.345 e. The van der Waals surface area contributed by atoms with E-state index in [1.54, 1.807) is 4.90 Å². The molecule has 1 aromatic heterocycles. The molecule has 1 aliphatic rings. The van der Waals surface area contributed by atoms with Gasteiger partial charge in [0.15, 0.2) is 0 Å². The van der Waals surface area contributed by atoms with Crippen LogP contribution in [0.25, 0.3) is 0 Å². The van der Waals surface area contributed by atoms with E-state index >= 15 is 0 Å². The largest absolute Gasteiger partial charge is 0.433 e. The summed E-state index contributed by atoms with van der Waals surface area (Å²) in [4.78, 5) is 15.7. The third-order valence-corrected chi connectivity index (χ3v) is 3.23. The second-order valence-electron chi connectivity index (χ2n) is 4.39. The summed E-state index contributed by atoms with van der Waals surface area (Å²) in [6.45, 7) is 1.30. The second kappa shape index (κ2) is 6.23. The van der Waals surface area contributed by atoms with Crippen molar-refractivity contribution < 1.29 is 18.0 Å². The lowest BCUT2D eigenvalue weighted by atomic mass is 9.90. The number of nitrogens with zero attached hydrogens (tertiary/aromatic N) is 2. The first-order valence-electron chi connectivity index (χ1n) is 5.73. The standard InChI is InChI=1S/C12H13F3N2O.ClH/c13-12(14,15)11-2-1-10(7-16-11)9-3-5-17(8-18)6-4-9;/h1-2,7-9H,3-6H2;1H. The van der Waals surface area contributed by atoms with Crippen LogP contribution in [-0.2, 0) is 11.0 Å². The Morgan fingerprint density at radius 3 is 2.32 bits per heavy atom. The number of hydrogen-bond acceptors (Lipinski definition) is 2. The van der Waals surface area contributed by atoms with Crippen LogP contribution >= 0.6 is 12.4 Å². The van der Waals surface area contributed by atoms with Gasteiger partial charge in [0.2, 0.25) is 6.41 Å². The number of hydrogen-bond donors (Lipinski definition) is 0. The lowest BCUT2D eigenvalue weighted by Crippen LogP contribution is -2.31. The molecule has 2 heterocycles. The molecule has 0 aromatic carbocycles. The van der Waals surface area contributed by atoms with Crippen LogP contribution in [0.3, 0.4) is 0 Å². The minimum absolute atomic E-state index is 0. The third kappa shape index (κ3) is 3.83. The van der Waals surface area contributed by atoms with E-state index < -0.39 is 11.9 Å². The summed E-state index contributed by atoms with van der Waals surface area (Å²) in [5.41, 5.74) is -0.0508. The SMILES string of the molecule is Cl.O=CN1CCC(c2ccc(C(F)(F)F)nc2)CC1. The molecule has 0 unspecified atom stereocenters. The van der Waals surface area contributed by atoms with Gasteiger partial charge in [-0.05, 0) is 30.4 Å². The predicted octanol–water partition coefficient (Wildman–Crippen LogP) is 2.86. The molecule has 7 heteroatoms. The van der Waals surface area contributed by atoms with Gasteiger partial charge in [-0.15, -0.1) is 12.4 Å². The Bertz CT molecular complexity index is 414. The fourth-order valence-electron chi connectivity index (χ4n) is 2.15. The van der Waals surface area contributed by atoms with Crippen LogP contribution in [0.2, 0.25) is 0 Å². The smallest absolute Gasteiger partial charge is 0.345 e. The Balaban J connectivity index is 0.00000180. The lowest BCUT2D eigenvalue weighted by Gasteiger charge is -2.29. The van der Waals surface area contributed by atoms with Crippen molar-refractivity contribution in [1.82, 2.24) is 9.88 Å². The molecule has 2 rings (SSSR count). The van der Waals surface area contributed by atoms with Crippen molar-refractivity contribution in [3.8, 4) is 0 Å². The number of rotatable bonds is 2. The first-order valence-corrected chi connectivity index (χ1v) is 5.73. The van der Waals surface area contributed by atoms with Crippen LogP contribution < -0.4 is 0 Å². The van der Waals surface area contributed by atoms with Gasteiger partial charge in [-0.1, -0.05) is 6.07 Å². The number of amides is 1. The first-order chi connectivity index (χ1) is 8.50. The Hall–Kier alpha value is -1.30. The highest BCUT2D eigenvalue weighted by Gasteiger charge is 2.32. The second-order valence-corrected chi connectivity index (χ2v) is 4.39. The van der Waals surface area contributed by atoms with Gasteiger partial charge in [0.05, 0.1) is 0 Å². The molecular formula is C12H14ClF3N2O. The van der Waals surface area contributed by atoms with Crippen molar-refractivity contribution in [1.29, 1.82) is 0 Å². The van der Waals surface area contributed by atoms with Gasteiger partial charge < -0.3 is 4.90 Å². The molecule has 0 N–H and O–H groups in total. The van der Waals surface area contributed by atoms with E-state index in [0.29, 0.717) is 13.1 Å². The van der Waals surface area contributed by atoms with Crippen molar-refractivity contribution in [3.05, 3.63) is 29.6 Å². The normalized spacial score (nSPS) is 16.9. The highest BCUT2D eigenvalue weighted by atomic mass is 35.5. The molecule has 1 amide bonds. The van der Waals surface area contributed by atoms with Gasteiger partial charge in [0.25, 0.3) is 0 Å². The fraction of sp³-hybridized carbons (Fsp3) is 0.500. The summed E-state index contributed by atoms with van der Waals surface area (Å²) in [5.74, 6) is 0.191. The zero-order valence-corrected chi connectivity index (χ0v) is 10.9. The Morgan fingerprint density at radius 1 is 1.26 bits per heavy atom. The molecule has 0 spiro atoms. The number of carbonyl (C=O) groups excluding carboxylic acids is 1. The number of aromatic nitrogens is 1. The summed E-state index contributed by atoms with van der Waals surface area (Å²) >= 11 is 0. The van der Waals surface area contributed by atoms with Crippen LogP contribution in [0.15, 0.2) is 18.3 Å². The van der Waals surface area contributed by atoms with Gasteiger partial charge in [0.1, 0.15) is 5.69 Å². The molecule has 1 aromatic rings. The number of carbonyl (C=O) groups is 1. The van der Waals surface area contributed by atoms with E-state index in [9.17, 15) is 18.0 Å². The zero-order valence-electron chi connectivity index (χ0n) is 10.1. The van der Waals surface area contributed by atoms with E-state index in [-0.39, 0.29) is 18.3 Å². The van der Waals surface area contributed by atoms with Crippen LogP contribution in [0.4, 0.5) is 13.2 Å². The molecule has 0 saturated carbocycles. The van der Waals surface area contributed by atoms with E-state index in [1.807, 2.05) is 0 Å². The maximum Gasteiger partial charge on any atom is 0.433 e. The van der Waals surface area contributed by atoms with Gasteiger partial charge >= 0.3 is 6.18 Å². The molecular weight excluding hydrogens is 281 g/mol. The summed E-state index contributed by atoms with van der Waals surface area (Å²) < 4.78 is 37.1. The number of alkyl halides is 3. The fourth-order valence-corrected chi connectivity index (χ4v) is 2.15. The molecule has 106 valence electrons. The zero-order chi connectivity index (χ0) is 13.2. The lowest BCUT2D eigenvalue weighted by molar-refractivity contribution is -0.141. The van der Waals surface area contributed by atoms with Crippen LogP contribution in [0.1, 0.15) is 30.0 Å². The summed E-state index contributed by atoms with van der Waals surface area (Å²) in [7, 11) is 0. The van der Waals surface area contributed by atoms with Crippen molar-refractivity contribution in [2.45, 2.75) is 24.9 Å². The van der Waals surface area contributed by atoms with Crippen molar-refractivity contribution in [2.24, 2.45) is 0 Å². The number of likely N-dealkylation sites (tertiary alicyclic amines) is 1. The topological polar surface area (TPSA) is 33.2 Å². The van der Waals surface area contributed by atoms with Crippen LogP contribution in [0, 0.1) is 0 Å². The van der Waals surface area contributed by atoms with E-state index in [2.05, 4.69) is 4.98 Å². The molecule has 1 fully saturated rings. The van der Waals surface area contributed by atoms with Crippen molar-refractivity contribution in [3.63, 3.8) is 0 Å². The molecule has 1 saturated heterocycles. The summed E-state index contributed by atoms with van der Waals surface area (Å²) in [6, 6.07) is 2.50. The predicted molar refractivity (Wildman–Crippen MR) is 66.1 cm³/mol. The first kappa shape index (κ1) is 15.8.